The number of rotatable bonds is 2. The fraction of sp³-hybridized carbons (Fsp3) is 0.929. The molecule has 1 aliphatic heterocycles. The first-order valence-electron chi connectivity index (χ1n) is 6.75. The maximum Gasteiger partial charge on any atom is 0.138 e. The number of hydrogen-bond donors (Lipinski definition) is 0. The summed E-state index contributed by atoms with van der Waals surface area (Å²) >= 11 is 0. The highest BCUT2D eigenvalue weighted by Crippen LogP contribution is 2.42. The fourth-order valence-electron chi connectivity index (χ4n) is 3.48. The Balaban J connectivity index is 1.96. The van der Waals surface area contributed by atoms with Crippen molar-refractivity contribution < 1.29 is 9.53 Å². The molecule has 0 aromatic rings. The molecule has 92 valence electrons. The van der Waals surface area contributed by atoms with Gasteiger partial charge < -0.3 is 4.74 Å². The van der Waals surface area contributed by atoms with Crippen molar-refractivity contribution in [1.82, 2.24) is 0 Å². The molecule has 1 heterocycles. The second-order valence-corrected chi connectivity index (χ2v) is 6.09. The topological polar surface area (TPSA) is 26.3 Å². The summed E-state index contributed by atoms with van der Waals surface area (Å²) in [7, 11) is 0. The van der Waals surface area contributed by atoms with Gasteiger partial charge in [0.2, 0.25) is 0 Å². The van der Waals surface area contributed by atoms with Gasteiger partial charge in [0.25, 0.3) is 0 Å². The molecule has 0 aromatic carbocycles. The number of carbonyl (C=O) groups excluding carboxylic acids is 1. The smallest absolute Gasteiger partial charge is 0.138 e. The normalized spacial score (nSPS) is 35.9. The van der Waals surface area contributed by atoms with E-state index in [-0.39, 0.29) is 5.60 Å². The zero-order valence-electron chi connectivity index (χ0n) is 10.6. The largest absolute Gasteiger partial charge is 0.374 e. The van der Waals surface area contributed by atoms with Crippen LogP contribution < -0.4 is 0 Å². The highest BCUT2D eigenvalue weighted by molar-refractivity contribution is 5.80. The highest BCUT2D eigenvalue weighted by Gasteiger charge is 2.41. The van der Waals surface area contributed by atoms with Crippen molar-refractivity contribution in [1.29, 1.82) is 0 Å². The molecule has 2 rings (SSSR count). The number of hydrogen-bond acceptors (Lipinski definition) is 2. The SMILES string of the molecule is CC(C)CC1CCCC2(CC(=O)CCO2)C1. The van der Waals surface area contributed by atoms with Crippen LogP contribution in [0.15, 0.2) is 0 Å². The van der Waals surface area contributed by atoms with Gasteiger partial charge in [0.15, 0.2) is 0 Å². The minimum absolute atomic E-state index is 0.0624. The van der Waals surface area contributed by atoms with Crippen LogP contribution in [-0.4, -0.2) is 18.0 Å². The third kappa shape index (κ3) is 2.85. The lowest BCUT2D eigenvalue weighted by Gasteiger charge is -2.43. The predicted octanol–water partition coefficient (Wildman–Crippen LogP) is 3.34. The highest BCUT2D eigenvalue weighted by atomic mass is 16.5. The Labute approximate surface area is 98.7 Å². The third-order valence-corrected chi connectivity index (χ3v) is 4.02. The van der Waals surface area contributed by atoms with Gasteiger partial charge in [0.1, 0.15) is 5.78 Å². The van der Waals surface area contributed by atoms with Crippen LogP contribution >= 0.6 is 0 Å². The molecular weight excluding hydrogens is 200 g/mol. The van der Waals surface area contributed by atoms with Gasteiger partial charge in [-0.05, 0) is 31.1 Å². The van der Waals surface area contributed by atoms with Crippen LogP contribution in [0.25, 0.3) is 0 Å². The van der Waals surface area contributed by atoms with E-state index in [2.05, 4.69) is 13.8 Å². The Kier molecular flexibility index (Phi) is 3.68. The molecule has 1 aliphatic carbocycles. The minimum atomic E-state index is -0.0624. The Bertz CT molecular complexity index is 255. The van der Waals surface area contributed by atoms with E-state index in [1.54, 1.807) is 0 Å². The first kappa shape index (κ1) is 12.1. The average Bonchev–Trinajstić information content (AvgIpc) is 2.15. The first-order valence-corrected chi connectivity index (χ1v) is 6.75. The molecule has 0 aromatic heterocycles. The molecule has 2 aliphatic rings. The maximum atomic E-state index is 11.6. The molecule has 2 nitrogen and oxygen atoms in total. The first-order chi connectivity index (χ1) is 7.60. The van der Waals surface area contributed by atoms with E-state index in [9.17, 15) is 4.79 Å². The summed E-state index contributed by atoms with van der Waals surface area (Å²) in [5, 5.41) is 0. The van der Waals surface area contributed by atoms with Crippen molar-refractivity contribution in [2.75, 3.05) is 6.61 Å². The van der Waals surface area contributed by atoms with Gasteiger partial charge in [-0.25, -0.2) is 0 Å². The molecular formula is C14H24O2. The van der Waals surface area contributed by atoms with Crippen LogP contribution in [0.1, 0.15) is 58.8 Å². The zero-order chi connectivity index (χ0) is 11.6. The predicted molar refractivity (Wildman–Crippen MR) is 64.3 cm³/mol. The summed E-state index contributed by atoms with van der Waals surface area (Å²) in [5.41, 5.74) is -0.0624. The monoisotopic (exact) mass is 224 g/mol. The quantitative estimate of drug-likeness (QED) is 0.719. The number of ether oxygens (including phenoxy) is 1. The summed E-state index contributed by atoms with van der Waals surface area (Å²) in [4.78, 5) is 11.6. The van der Waals surface area contributed by atoms with Crippen LogP contribution in [0, 0.1) is 11.8 Å². The molecule has 0 N–H and O–H groups in total. The lowest BCUT2D eigenvalue weighted by molar-refractivity contribution is -0.148. The van der Waals surface area contributed by atoms with Crippen LogP contribution in [0.5, 0.6) is 0 Å². The molecule has 0 bridgehead atoms. The van der Waals surface area contributed by atoms with Crippen molar-refractivity contribution in [3.05, 3.63) is 0 Å². The Morgan fingerprint density at radius 3 is 3.00 bits per heavy atom. The van der Waals surface area contributed by atoms with Gasteiger partial charge in [-0.1, -0.05) is 26.7 Å². The Morgan fingerprint density at radius 2 is 2.31 bits per heavy atom. The third-order valence-electron chi connectivity index (χ3n) is 4.02. The number of carbonyl (C=O) groups is 1. The number of Topliss-reactive ketones (excluding diaryl/α,β-unsaturated/α-hetero) is 1. The lowest BCUT2D eigenvalue weighted by Crippen LogP contribution is -2.44. The van der Waals surface area contributed by atoms with E-state index in [0.717, 1.165) is 24.7 Å². The van der Waals surface area contributed by atoms with Gasteiger partial charge in [0.05, 0.1) is 12.2 Å². The molecule has 0 radical (unpaired) electrons. The maximum absolute atomic E-state index is 11.6. The molecule has 1 spiro atoms. The Morgan fingerprint density at radius 1 is 1.50 bits per heavy atom. The summed E-state index contributed by atoms with van der Waals surface area (Å²) in [6.45, 7) is 5.23. The lowest BCUT2D eigenvalue weighted by atomic mass is 9.72. The average molecular weight is 224 g/mol. The van der Waals surface area contributed by atoms with E-state index in [1.807, 2.05) is 0 Å². The van der Waals surface area contributed by atoms with Gasteiger partial charge in [-0.2, -0.15) is 0 Å². The molecule has 2 heteroatoms. The standard InChI is InChI=1S/C14H24O2/c1-11(2)8-12-4-3-6-14(9-12)10-13(15)5-7-16-14/h11-12H,3-10H2,1-2H3. The fourth-order valence-corrected chi connectivity index (χ4v) is 3.48. The van der Waals surface area contributed by atoms with Crippen LogP contribution in [-0.2, 0) is 9.53 Å². The van der Waals surface area contributed by atoms with Crippen LogP contribution in [0.3, 0.4) is 0 Å². The summed E-state index contributed by atoms with van der Waals surface area (Å²) in [6.07, 6.45) is 7.41. The zero-order valence-corrected chi connectivity index (χ0v) is 10.6. The van der Waals surface area contributed by atoms with E-state index in [1.165, 1.54) is 19.3 Å². The summed E-state index contributed by atoms with van der Waals surface area (Å²) in [6, 6.07) is 0. The van der Waals surface area contributed by atoms with Gasteiger partial charge in [-0.3, -0.25) is 4.79 Å². The molecule has 2 fully saturated rings. The van der Waals surface area contributed by atoms with Gasteiger partial charge in [0, 0.05) is 12.8 Å². The van der Waals surface area contributed by atoms with Gasteiger partial charge >= 0.3 is 0 Å². The Hall–Kier alpha value is -0.370. The van der Waals surface area contributed by atoms with Crippen molar-refractivity contribution in [3.8, 4) is 0 Å². The van der Waals surface area contributed by atoms with Crippen molar-refractivity contribution in [2.45, 2.75) is 64.4 Å². The van der Waals surface area contributed by atoms with Crippen LogP contribution in [0.4, 0.5) is 0 Å². The van der Waals surface area contributed by atoms with Crippen molar-refractivity contribution in [2.24, 2.45) is 11.8 Å². The summed E-state index contributed by atoms with van der Waals surface area (Å²) < 4.78 is 5.97. The van der Waals surface area contributed by atoms with E-state index >= 15 is 0 Å². The second kappa shape index (κ2) is 4.87. The molecule has 2 atom stereocenters. The van der Waals surface area contributed by atoms with E-state index in [4.69, 9.17) is 4.74 Å². The number of ketones is 1. The summed E-state index contributed by atoms with van der Waals surface area (Å²) in [5.74, 6) is 1.95. The van der Waals surface area contributed by atoms with Crippen molar-refractivity contribution >= 4 is 5.78 Å². The van der Waals surface area contributed by atoms with Crippen molar-refractivity contribution in [3.63, 3.8) is 0 Å². The van der Waals surface area contributed by atoms with Crippen LogP contribution in [0.2, 0.25) is 0 Å². The molecule has 1 saturated heterocycles. The van der Waals surface area contributed by atoms with E-state index in [0.29, 0.717) is 25.2 Å². The minimum Gasteiger partial charge on any atom is -0.374 e. The molecule has 1 saturated carbocycles. The van der Waals surface area contributed by atoms with E-state index < -0.39 is 0 Å². The second-order valence-electron chi connectivity index (χ2n) is 6.09. The molecule has 2 unspecified atom stereocenters. The molecule has 16 heavy (non-hydrogen) atoms. The molecule has 0 amide bonds. The van der Waals surface area contributed by atoms with Gasteiger partial charge in [-0.15, -0.1) is 0 Å².